The highest BCUT2D eigenvalue weighted by Crippen LogP contribution is 2.04. The van der Waals surface area contributed by atoms with Crippen LogP contribution in [0.25, 0.3) is 0 Å². The Hall–Kier alpha value is -0.320. The molecule has 0 aliphatic carbocycles. The highest BCUT2D eigenvalue weighted by Gasteiger charge is 1.97. The molecule has 1 aromatic rings. The van der Waals surface area contributed by atoms with E-state index >= 15 is 0 Å². The molecule has 0 aromatic carbocycles. The lowest BCUT2D eigenvalue weighted by Crippen LogP contribution is -2.05. The molecular formula is C7H8INO. The second kappa shape index (κ2) is 3.18. The van der Waals surface area contributed by atoms with Crippen molar-refractivity contribution in [3.8, 4) is 0 Å². The fourth-order valence-corrected chi connectivity index (χ4v) is 1.30. The van der Waals surface area contributed by atoms with Gasteiger partial charge in [0.05, 0.1) is 10.2 Å². The van der Waals surface area contributed by atoms with E-state index < -0.39 is 0 Å². The van der Waals surface area contributed by atoms with Crippen LogP contribution >= 0.6 is 22.6 Å². The first-order valence-corrected chi connectivity index (χ1v) is 4.08. The molecule has 3 heteroatoms. The third-order valence-electron chi connectivity index (χ3n) is 1.17. The molecule has 10 heavy (non-hydrogen) atoms. The molecule has 0 fully saturated rings. The number of rotatable bonds is 2. The van der Waals surface area contributed by atoms with Crippen LogP contribution in [0.5, 0.6) is 0 Å². The van der Waals surface area contributed by atoms with Gasteiger partial charge in [-0.25, -0.2) is 0 Å². The van der Waals surface area contributed by atoms with E-state index in [2.05, 4.69) is 22.6 Å². The number of carbonyl (C=O) groups is 1. The lowest BCUT2D eigenvalue weighted by Gasteiger charge is -1.99. The van der Waals surface area contributed by atoms with E-state index in [0.29, 0.717) is 6.54 Å². The molecule has 0 atom stereocenters. The number of hydrogen-bond acceptors (Lipinski definition) is 1. The molecular weight excluding hydrogens is 241 g/mol. The molecule has 0 aliphatic rings. The van der Waals surface area contributed by atoms with Gasteiger partial charge in [-0.15, -0.1) is 0 Å². The zero-order chi connectivity index (χ0) is 7.56. The first-order valence-electron chi connectivity index (χ1n) is 3.00. The Kier molecular flexibility index (Phi) is 2.48. The standard InChI is InChI=1S/C7H8INO/c1-6(10)5-9-4-2-3-7(9)8/h2-4H,5H2,1H3. The van der Waals surface area contributed by atoms with Crippen molar-refractivity contribution in [1.29, 1.82) is 0 Å². The fourth-order valence-electron chi connectivity index (χ4n) is 0.761. The van der Waals surface area contributed by atoms with Crippen LogP contribution in [0.4, 0.5) is 0 Å². The van der Waals surface area contributed by atoms with E-state index in [1.54, 1.807) is 6.92 Å². The minimum atomic E-state index is 0.189. The quantitative estimate of drug-likeness (QED) is 0.731. The van der Waals surface area contributed by atoms with Crippen LogP contribution in [0.3, 0.4) is 0 Å². The SMILES string of the molecule is CC(=O)Cn1cccc1I. The van der Waals surface area contributed by atoms with Gasteiger partial charge in [0.1, 0.15) is 5.78 Å². The fraction of sp³-hybridized carbons (Fsp3) is 0.286. The molecule has 2 nitrogen and oxygen atoms in total. The monoisotopic (exact) mass is 249 g/mol. The molecule has 0 aliphatic heterocycles. The molecule has 0 radical (unpaired) electrons. The number of ketones is 1. The largest absolute Gasteiger partial charge is 0.336 e. The summed E-state index contributed by atoms with van der Waals surface area (Å²) in [6.07, 6.45) is 1.91. The average Bonchev–Trinajstić information content (AvgIpc) is 2.15. The second-order valence-corrected chi connectivity index (χ2v) is 3.27. The van der Waals surface area contributed by atoms with E-state index in [-0.39, 0.29) is 5.78 Å². The number of aromatic nitrogens is 1. The molecule has 1 aromatic heterocycles. The number of nitrogens with zero attached hydrogens (tertiary/aromatic N) is 1. The Balaban J connectivity index is 2.74. The maximum Gasteiger partial charge on any atom is 0.149 e. The molecule has 0 N–H and O–H groups in total. The lowest BCUT2D eigenvalue weighted by atomic mass is 10.4. The summed E-state index contributed by atoms with van der Waals surface area (Å²) in [5, 5.41) is 0. The number of Topliss-reactive ketones (excluding diaryl/α,β-unsaturated/α-hetero) is 1. The van der Waals surface area contributed by atoms with Gasteiger partial charge in [0.25, 0.3) is 0 Å². The van der Waals surface area contributed by atoms with Crippen LogP contribution in [0.15, 0.2) is 18.3 Å². The second-order valence-electron chi connectivity index (χ2n) is 2.16. The van der Waals surface area contributed by atoms with E-state index in [4.69, 9.17) is 0 Å². The molecule has 0 unspecified atom stereocenters. The zero-order valence-electron chi connectivity index (χ0n) is 5.67. The number of carbonyl (C=O) groups excluding carboxylic acids is 1. The van der Waals surface area contributed by atoms with Crippen molar-refractivity contribution < 1.29 is 4.79 Å². The first-order chi connectivity index (χ1) is 4.70. The Bertz CT molecular complexity index is 242. The van der Waals surface area contributed by atoms with Crippen LogP contribution < -0.4 is 0 Å². The molecule has 54 valence electrons. The van der Waals surface area contributed by atoms with Gasteiger partial charge in [-0.1, -0.05) is 0 Å². The third kappa shape index (κ3) is 1.83. The number of hydrogen-bond donors (Lipinski definition) is 0. The van der Waals surface area contributed by atoms with E-state index in [1.165, 1.54) is 0 Å². The van der Waals surface area contributed by atoms with E-state index in [0.717, 1.165) is 3.70 Å². The van der Waals surface area contributed by atoms with Crippen LogP contribution in [0.1, 0.15) is 6.92 Å². The minimum absolute atomic E-state index is 0.189. The van der Waals surface area contributed by atoms with Crippen LogP contribution in [-0.2, 0) is 11.3 Å². The average molecular weight is 249 g/mol. The normalized spacial score (nSPS) is 9.80. The van der Waals surface area contributed by atoms with Gasteiger partial charge in [0.15, 0.2) is 0 Å². The van der Waals surface area contributed by atoms with Crippen molar-refractivity contribution in [2.24, 2.45) is 0 Å². The van der Waals surface area contributed by atoms with Crippen molar-refractivity contribution in [3.63, 3.8) is 0 Å². The van der Waals surface area contributed by atoms with Gasteiger partial charge >= 0.3 is 0 Å². The van der Waals surface area contributed by atoms with Gasteiger partial charge in [-0.3, -0.25) is 4.79 Å². The summed E-state index contributed by atoms with van der Waals surface area (Å²) >= 11 is 2.20. The minimum Gasteiger partial charge on any atom is -0.336 e. The zero-order valence-corrected chi connectivity index (χ0v) is 7.83. The summed E-state index contributed by atoms with van der Waals surface area (Å²) in [6.45, 7) is 2.08. The Morgan fingerprint density at radius 2 is 2.50 bits per heavy atom. The van der Waals surface area contributed by atoms with Crippen LogP contribution in [0.2, 0.25) is 0 Å². The van der Waals surface area contributed by atoms with Crippen LogP contribution in [0, 0.1) is 3.70 Å². The van der Waals surface area contributed by atoms with Crippen molar-refractivity contribution in [1.82, 2.24) is 4.57 Å². The van der Waals surface area contributed by atoms with Crippen LogP contribution in [-0.4, -0.2) is 10.4 Å². The Morgan fingerprint density at radius 1 is 1.80 bits per heavy atom. The third-order valence-corrected chi connectivity index (χ3v) is 2.15. The Labute approximate surface area is 73.4 Å². The number of halogens is 1. The predicted molar refractivity (Wildman–Crippen MR) is 47.8 cm³/mol. The van der Waals surface area contributed by atoms with Crippen molar-refractivity contribution >= 4 is 28.4 Å². The molecule has 1 heterocycles. The van der Waals surface area contributed by atoms with Crippen molar-refractivity contribution in [2.75, 3.05) is 0 Å². The summed E-state index contributed by atoms with van der Waals surface area (Å²) in [5.41, 5.74) is 0. The van der Waals surface area contributed by atoms with Gasteiger partial charge < -0.3 is 4.57 Å². The van der Waals surface area contributed by atoms with E-state index in [1.807, 2.05) is 22.9 Å². The lowest BCUT2D eigenvalue weighted by molar-refractivity contribution is -0.117. The Morgan fingerprint density at radius 3 is 2.90 bits per heavy atom. The molecule has 0 saturated heterocycles. The molecule has 0 amide bonds. The van der Waals surface area contributed by atoms with Crippen molar-refractivity contribution in [2.45, 2.75) is 13.5 Å². The van der Waals surface area contributed by atoms with Gasteiger partial charge in [-0.05, 0) is 41.6 Å². The molecule has 1 rings (SSSR count). The smallest absolute Gasteiger partial charge is 0.149 e. The predicted octanol–water partition coefficient (Wildman–Crippen LogP) is 1.68. The maximum absolute atomic E-state index is 10.6. The summed E-state index contributed by atoms with van der Waals surface area (Å²) in [6, 6.07) is 3.91. The molecule has 0 saturated carbocycles. The van der Waals surface area contributed by atoms with Gasteiger partial charge in [-0.2, -0.15) is 0 Å². The highest BCUT2D eigenvalue weighted by atomic mass is 127. The molecule has 0 bridgehead atoms. The van der Waals surface area contributed by atoms with Crippen molar-refractivity contribution in [3.05, 3.63) is 22.0 Å². The molecule has 0 spiro atoms. The van der Waals surface area contributed by atoms with E-state index in [9.17, 15) is 4.79 Å². The summed E-state index contributed by atoms with van der Waals surface area (Å²) in [5.74, 6) is 0.189. The first kappa shape index (κ1) is 7.78. The van der Waals surface area contributed by atoms with Gasteiger partial charge in [0.2, 0.25) is 0 Å². The maximum atomic E-state index is 10.6. The summed E-state index contributed by atoms with van der Waals surface area (Å²) in [7, 11) is 0. The summed E-state index contributed by atoms with van der Waals surface area (Å²) in [4.78, 5) is 10.6. The van der Waals surface area contributed by atoms with Gasteiger partial charge in [0, 0.05) is 6.20 Å². The topological polar surface area (TPSA) is 22.0 Å². The highest BCUT2D eigenvalue weighted by molar-refractivity contribution is 14.1. The summed E-state index contributed by atoms with van der Waals surface area (Å²) < 4.78 is 3.02.